The number of halogens is 4. The highest BCUT2D eigenvalue weighted by Crippen LogP contribution is 2.24. The quantitative estimate of drug-likeness (QED) is 0.812. The number of benzene rings is 1. The smallest absolute Gasteiger partial charge is 0.406 e. The number of hydrogen-bond acceptors (Lipinski definition) is 2. The highest BCUT2D eigenvalue weighted by atomic mass is 19.4. The Hall–Kier alpha value is -1.30. The standard InChI is InChI=1S/C10H11F4NO/c1-15-5-4-7-6-8(2-3-9(7)11)16-10(12,13)14/h2-3,6,15H,4-5H2,1H3. The van der Waals surface area contributed by atoms with E-state index in [1.807, 2.05) is 0 Å². The van der Waals surface area contributed by atoms with E-state index in [-0.39, 0.29) is 5.56 Å². The van der Waals surface area contributed by atoms with E-state index in [9.17, 15) is 17.6 Å². The van der Waals surface area contributed by atoms with E-state index in [1.54, 1.807) is 7.05 Å². The molecule has 1 aromatic carbocycles. The molecule has 0 saturated carbocycles. The van der Waals surface area contributed by atoms with Crippen molar-refractivity contribution in [2.45, 2.75) is 12.8 Å². The van der Waals surface area contributed by atoms with Crippen LogP contribution < -0.4 is 10.1 Å². The van der Waals surface area contributed by atoms with Crippen LogP contribution in [0.4, 0.5) is 17.6 Å². The van der Waals surface area contributed by atoms with Crippen LogP contribution in [0.25, 0.3) is 0 Å². The van der Waals surface area contributed by atoms with E-state index in [0.717, 1.165) is 18.2 Å². The average molecular weight is 237 g/mol. The first-order chi connectivity index (χ1) is 7.42. The number of rotatable bonds is 4. The fraction of sp³-hybridized carbons (Fsp3) is 0.400. The Morgan fingerprint density at radius 1 is 1.31 bits per heavy atom. The van der Waals surface area contributed by atoms with Gasteiger partial charge in [0.15, 0.2) is 0 Å². The van der Waals surface area contributed by atoms with Crippen molar-refractivity contribution >= 4 is 0 Å². The fourth-order valence-corrected chi connectivity index (χ4v) is 1.20. The Bertz CT molecular complexity index is 351. The van der Waals surface area contributed by atoms with E-state index >= 15 is 0 Å². The first-order valence-electron chi connectivity index (χ1n) is 4.61. The van der Waals surface area contributed by atoms with Crippen LogP contribution in [0, 0.1) is 5.82 Å². The summed E-state index contributed by atoms with van der Waals surface area (Å²) in [6.07, 6.45) is -4.45. The second-order valence-corrected chi connectivity index (χ2v) is 3.15. The van der Waals surface area contributed by atoms with E-state index < -0.39 is 17.9 Å². The van der Waals surface area contributed by atoms with Gasteiger partial charge < -0.3 is 10.1 Å². The zero-order valence-corrected chi connectivity index (χ0v) is 8.57. The lowest BCUT2D eigenvalue weighted by Crippen LogP contribution is -2.17. The zero-order valence-electron chi connectivity index (χ0n) is 8.57. The third-order valence-corrected chi connectivity index (χ3v) is 1.90. The van der Waals surface area contributed by atoms with Gasteiger partial charge in [0, 0.05) is 0 Å². The minimum atomic E-state index is -4.75. The Labute approximate surface area is 90.2 Å². The molecule has 0 aliphatic rings. The summed E-state index contributed by atoms with van der Waals surface area (Å²) in [6.45, 7) is 0.479. The van der Waals surface area contributed by atoms with Crippen LogP contribution in [-0.2, 0) is 6.42 Å². The topological polar surface area (TPSA) is 21.3 Å². The number of ether oxygens (including phenoxy) is 1. The molecule has 0 aliphatic carbocycles. The monoisotopic (exact) mass is 237 g/mol. The summed E-state index contributed by atoms with van der Waals surface area (Å²) >= 11 is 0. The van der Waals surface area contributed by atoms with Gasteiger partial charge in [-0.3, -0.25) is 0 Å². The molecule has 0 radical (unpaired) electrons. The lowest BCUT2D eigenvalue weighted by Gasteiger charge is -2.10. The molecule has 0 unspecified atom stereocenters. The first kappa shape index (κ1) is 12.8. The van der Waals surface area contributed by atoms with Crippen LogP contribution in [0.3, 0.4) is 0 Å². The predicted octanol–water partition coefficient (Wildman–Crippen LogP) is 2.49. The van der Waals surface area contributed by atoms with E-state index in [0.29, 0.717) is 13.0 Å². The summed E-state index contributed by atoms with van der Waals surface area (Å²) in [5.41, 5.74) is 0.191. The molecule has 0 atom stereocenters. The normalized spacial score (nSPS) is 11.6. The maximum absolute atomic E-state index is 13.2. The van der Waals surface area contributed by atoms with Crippen LogP contribution in [-0.4, -0.2) is 20.0 Å². The molecule has 0 aromatic heterocycles. The second kappa shape index (κ2) is 5.16. The average Bonchev–Trinajstić information content (AvgIpc) is 2.17. The van der Waals surface area contributed by atoms with Crippen molar-refractivity contribution in [1.29, 1.82) is 0 Å². The van der Waals surface area contributed by atoms with Crippen LogP contribution in [0.2, 0.25) is 0 Å². The zero-order chi connectivity index (χ0) is 12.2. The molecule has 0 saturated heterocycles. The van der Waals surface area contributed by atoms with Crippen molar-refractivity contribution in [3.63, 3.8) is 0 Å². The van der Waals surface area contributed by atoms with Crippen molar-refractivity contribution in [3.05, 3.63) is 29.6 Å². The third kappa shape index (κ3) is 4.06. The molecule has 6 heteroatoms. The van der Waals surface area contributed by atoms with Crippen LogP contribution in [0.1, 0.15) is 5.56 Å². The molecule has 0 bridgehead atoms. The molecule has 1 N–H and O–H groups in total. The highest BCUT2D eigenvalue weighted by Gasteiger charge is 2.31. The second-order valence-electron chi connectivity index (χ2n) is 3.15. The molecule has 0 fully saturated rings. The van der Waals surface area contributed by atoms with Crippen LogP contribution in [0.15, 0.2) is 18.2 Å². The van der Waals surface area contributed by atoms with E-state index in [1.165, 1.54) is 0 Å². The predicted molar refractivity (Wildman–Crippen MR) is 50.7 cm³/mol. The Balaban J connectivity index is 2.81. The van der Waals surface area contributed by atoms with Gasteiger partial charge in [-0.2, -0.15) is 0 Å². The van der Waals surface area contributed by atoms with Crippen molar-refractivity contribution in [1.82, 2.24) is 5.32 Å². The molecule has 90 valence electrons. The minimum absolute atomic E-state index is 0.191. The lowest BCUT2D eigenvalue weighted by molar-refractivity contribution is -0.274. The molecule has 1 rings (SSSR count). The van der Waals surface area contributed by atoms with E-state index in [4.69, 9.17) is 0 Å². The molecule has 0 heterocycles. The first-order valence-corrected chi connectivity index (χ1v) is 4.61. The van der Waals surface area contributed by atoms with Crippen LogP contribution in [0.5, 0.6) is 5.75 Å². The van der Waals surface area contributed by atoms with Gasteiger partial charge in [0.05, 0.1) is 0 Å². The summed E-state index contributed by atoms with van der Waals surface area (Å²) < 4.78 is 52.5. The third-order valence-electron chi connectivity index (χ3n) is 1.90. The Kier molecular flexibility index (Phi) is 4.12. The van der Waals surface area contributed by atoms with Gasteiger partial charge in [-0.25, -0.2) is 4.39 Å². The lowest BCUT2D eigenvalue weighted by atomic mass is 10.1. The molecule has 0 spiro atoms. The number of nitrogens with one attached hydrogen (secondary N) is 1. The van der Waals surface area contributed by atoms with Gasteiger partial charge in [-0.05, 0) is 43.8 Å². The summed E-state index contributed by atoms with van der Waals surface area (Å²) in [4.78, 5) is 0. The van der Waals surface area contributed by atoms with Gasteiger partial charge in [-0.15, -0.1) is 13.2 Å². The van der Waals surface area contributed by atoms with Gasteiger partial charge in [0.1, 0.15) is 11.6 Å². The summed E-state index contributed by atoms with van der Waals surface area (Å²) in [5, 5.41) is 2.78. The summed E-state index contributed by atoms with van der Waals surface area (Å²) in [6, 6.07) is 2.97. The van der Waals surface area contributed by atoms with Gasteiger partial charge >= 0.3 is 6.36 Å². The van der Waals surface area contributed by atoms with Gasteiger partial charge in [0.2, 0.25) is 0 Å². The van der Waals surface area contributed by atoms with Crippen LogP contribution >= 0.6 is 0 Å². The van der Waals surface area contributed by atoms with Gasteiger partial charge in [-0.1, -0.05) is 0 Å². The summed E-state index contributed by atoms with van der Waals surface area (Å²) in [7, 11) is 1.67. The highest BCUT2D eigenvalue weighted by molar-refractivity contribution is 5.30. The Morgan fingerprint density at radius 2 is 2.00 bits per heavy atom. The number of alkyl halides is 3. The maximum atomic E-state index is 13.2. The van der Waals surface area contributed by atoms with E-state index in [2.05, 4.69) is 10.1 Å². The molecule has 16 heavy (non-hydrogen) atoms. The van der Waals surface area contributed by atoms with Gasteiger partial charge in [0.25, 0.3) is 0 Å². The maximum Gasteiger partial charge on any atom is 0.573 e. The Morgan fingerprint density at radius 3 is 2.56 bits per heavy atom. The molecular weight excluding hydrogens is 226 g/mol. The largest absolute Gasteiger partial charge is 0.573 e. The SMILES string of the molecule is CNCCc1cc(OC(F)(F)F)ccc1F. The number of likely N-dealkylation sites (N-methyl/N-ethyl adjacent to an activating group) is 1. The van der Waals surface area contributed by atoms with Crippen molar-refractivity contribution in [2.24, 2.45) is 0 Å². The molecule has 0 amide bonds. The molecule has 1 aromatic rings. The fourth-order valence-electron chi connectivity index (χ4n) is 1.20. The summed E-state index contributed by atoms with van der Waals surface area (Å²) in [5.74, 6) is -0.940. The van der Waals surface area contributed by atoms with Crippen molar-refractivity contribution < 1.29 is 22.3 Å². The van der Waals surface area contributed by atoms with Crippen molar-refractivity contribution in [2.75, 3.05) is 13.6 Å². The van der Waals surface area contributed by atoms with Crippen molar-refractivity contribution in [3.8, 4) is 5.75 Å². The molecule has 0 aliphatic heterocycles. The number of hydrogen-bond donors (Lipinski definition) is 1. The minimum Gasteiger partial charge on any atom is -0.406 e. The molecule has 2 nitrogen and oxygen atoms in total. The molecular formula is C10H11F4NO.